The first-order valence-electron chi connectivity index (χ1n) is 5.45. The zero-order valence-electron chi connectivity index (χ0n) is 10.2. The zero-order chi connectivity index (χ0) is 13.1. The number of hydrogen-bond donors (Lipinski definition) is 1. The van der Waals surface area contributed by atoms with Gasteiger partial charge in [0, 0.05) is 12.7 Å². The Hall–Kier alpha value is -2.43. The standard InChI is InChI=1S/C13H13N3O2/c1-9-3-5-10(6-4-9)16(2)12-8-7-11(13(17)18)14-15-12/h3-8H,1-2H3,(H,17,18). The van der Waals surface area contributed by atoms with Crippen LogP contribution in [0, 0.1) is 6.92 Å². The highest BCUT2D eigenvalue weighted by molar-refractivity contribution is 5.85. The van der Waals surface area contributed by atoms with Crippen LogP contribution in [0.1, 0.15) is 16.1 Å². The predicted molar refractivity (Wildman–Crippen MR) is 68.2 cm³/mol. The van der Waals surface area contributed by atoms with Crippen molar-refractivity contribution in [2.45, 2.75) is 6.92 Å². The molecule has 1 aromatic heterocycles. The minimum absolute atomic E-state index is 0.0592. The lowest BCUT2D eigenvalue weighted by Crippen LogP contribution is -2.13. The van der Waals surface area contributed by atoms with Gasteiger partial charge >= 0.3 is 5.97 Å². The first-order chi connectivity index (χ1) is 8.58. The van der Waals surface area contributed by atoms with E-state index in [-0.39, 0.29) is 5.69 Å². The largest absolute Gasteiger partial charge is 0.476 e. The summed E-state index contributed by atoms with van der Waals surface area (Å²) in [5.41, 5.74) is 2.09. The second-order valence-corrected chi connectivity index (χ2v) is 3.98. The molecule has 0 atom stereocenters. The quantitative estimate of drug-likeness (QED) is 0.895. The van der Waals surface area contributed by atoms with Gasteiger partial charge in [-0.25, -0.2) is 4.79 Å². The second kappa shape index (κ2) is 4.83. The van der Waals surface area contributed by atoms with Crippen molar-refractivity contribution >= 4 is 17.5 Å². The topological polar surface area (TPSA) is 66.3 Å². The van der Waals surface area contributed by atoms with Crippen molar-refractivity contribution in [3.8, 4) is 0 Å². The number of anilines is 2. The Bertz CT molecular complexity index is 549. The van der Waals surface area contributed by atoms with E-state index in [1.54, 1.807) is 6.07 Å². The lowest BCUT2D eigenvalue weighted by Gasteiger charge is -2.17. The van der Waals surface area contributed by atoms with E-state index in [1.165, 1.54) is 11.6 Å². The summed E-state index contributed by atoms with van der Waals surface area (Å²) in [5.74, 6) is -0.476. The molecule has 0 saturated heterocycles. The molecule has 0 fully saturated rings. The Morgan fingerprint density at radius 1 is 1.11 bits per heavy atom. The maximum atomic E-state index is 10.7. The number of benzene rings is 1. The monoisotopic (exact) mass is 243 g/mol. The lowest BCUT2D eigenvalue weighted by molar-refractivity contribution is 0.0689. The molecule has 0 radical (unpaired) electrons. The van der Waals surface area contributed by atoms with Crippen molar-refractivity contribution in [2.24, 2.45) is 0 Å². The minimum atomic E-state index is -1.08. The fraction of sp³-hybridized carbons (Fsp3) is 0.154. The van der Waals surface area contributed by atoms with Crippen LogP contribution in [0.4, 0.5) is 11.5 Å². The molecule has 0 amide bonds. The van der Waals surface area contributed by atoms with E-state index in [1.807, 2.05) is 43.1 Å². The maximum absolute atomic E-state index is 10.7. The summed E-state index contributed by atoms with van der Waals surface area (Å²) in [6.45, 7) is 2.02. The third-order valence-electron chi connectivity index (χ3n) is 2.63. The lowest BCUT2D eigenvalue weighted by atomic mass is 10.2. The molecule has 0 spiro atoms. The van der Waals surface area contributed by atoms with E-state index in [9.17, 15) is 4.79 Å². The minimum Gasteiger partial charge on any atom is -0.476 e. The molecule has 0 aliphatic heterocycles. The van der Waals surface area contributed by atoms with Crippen LogP contribution < -0.4 is 4.90 Å². The molecule has 1 aromatic carbocycles. The molecule has 0 saturated carbocycles. The number of aromatic carboxylic acids is 1. The fourth-order valence-corrected chi connectivity index (χ4v) is 1.52. The van der Waals surface area contributed by atoms with Crippen LogP contribution in [0.25, 0.3) is 0 Å². The van der Waals surface area contributed by atoms with Gasteiger partial charge in [-0.1, -0.05) is 17.7 Å². The molecule has 2 rings (SSSR count). The highest BCUT2D eigenvalue weighted by Crippen LogP contribution is 2.21. The molecule has 0 bridgehead atoms. The van der Waals surface area contributed by atoms with Gasteiger partial charge in [0.2, 0.25) is 0 Å². The molecule has 2 aromatic rings. The molecule has 1 N–H and O–H groups in total. The van der Waals surface area contributed by atoms with Crippen LogP contribution in [0.3, 0.4) is 0 Å². The van der Waals surface area contributed by atoms with Crippen LogP contribution in [0.15, 0.2) is 36.4 Å². The Kier molecular flexibility index (Phi) is 3.23. The van der Waals surface area contributed by atoms with Crippen molar-refractivity contribution in [1.82, 2.24) is 10.2 Å². The number of carboxylic acids is 1. The van der Waals surface area contributed by atoms with Crippen LogP contribution in [-0.2, 0) is 0 Å². The molecule has 5 heteroatoms. The zero-order valence-corrected chi connectivity index (χ0v) is 10.2. The van der Waals surface area contributed by atoms with Crippen LogP contribution in [0.5, 0.6) is 0 Å². The molecule has 0 unspecified atom stereocenters. The van der Waals surface area contributed by atoms with E-state index >= 15 is 0 Å². The van der Waals surface area contributed by atoms with Crippen LogP contribution in [-0.4, -0.2) is 28.3 Å². The Morgan fingerprint density at radius 3 is 2.28 bits per heavy atom. The number of nitrogens with zero attached hydrogens (tertiary/aromatic N) is 3. The summed E-state index contributed by atoms with van der Waals surface area (Å²) < 4.78 is 0. The van der Waals surface area contributed by atoms with Crippen molar-refractivity contribution in [2.75, 3.05) is 11.9 Å². The summed E-state index contributed by atoms with van der Waals surface area (Å²) in [6.07, 6.45) is 0. The Balaban J connectivity index is 2.25. The highest BCUT2D eigenvalue weighted by atomic mass is 16.4. The third kappa shape index (κ3) is 2.45. The van der Waals surface area contributed by atoms with Crippen molar-refractivity contribution < 1.29 is 9.90 Å². The summed E-state index contributed by atoms with van der Waals surface area (Å²) >= 11 is 0. The van der Waals surface area contributed by atoms with Gasteiger partial charge in [0.1, 0.15) is 0 Å². The number of carboxylic acid groups (broad SMARTS) is 1. The molecule has 0 aliphatic rings. The molecular formula is C13H13N3O2. The number of hydrogen-bond acceptors (Lipinski definition) is 4. The van der Waals surface area contributed by atoms with Crippen molar-refractivity contribution in [3.63, 3.8) is 0 Å². The number of rotatable bonds is 3. The molecule has 0 aliphatic carbocycles. The van der Waals surface area contributed by atoms with Crippen LogP contribution >= 0.6 is 0 Å². The molecule has 5 nitrogen and oxygen atoms in total. The smallest absolute Gasteiger partial charge is 0.356 e. The van der Waals surface area contributed by atoms with Crippen molar-refractivity contribution in [3.05, 3.63) is 47.7 Å². The van der Waals surface area contributed by atoms with E-state index in [2.05, 4.69) is 10.2 Å². The van der Waals surface area contributed by atoms with Gasteiger partial charge in [-0.3, -0.25) is 0 Å². The van der Waals surface area contributed by atoms with Gasteiger partial charge in [-0.15, -0.1) is 10.2 Å². The third-order valence-corrected chi connectivity index (χ3v) is 2.63. The second-order valence-electron chi connectivity index (χ2n) is 3.98. The van der Waals surface area contributed by atoms with Gasteiger partial charge in [-0.2, -0.15) is 0 Å². The van der Waals surface area contributed by atoms with E-state index < -0.39 is 5.97 Å². The fourth-order valence-electron chi connectivity index (χ4n) is 1.52. The highest BCUT2D eigenvalue weighted by Gasteiger charge is 2.09. The van der Waals surface area contributed by atoms with Gasteiger partial charge in [0.25, 0.3) is 0 Å². The van der Waals surface area contributed by atoms with Gasteiger partial charge in [0.15, 0.2) is 11.5 Å². The first-order valence-corrected chi connectivity index (χ1v) is 5.45. The number of aromatic nitrogens is 2. The maximum Gasteiger partial charge on any atom is 0.356 e. The van der Waals surface area contributed by atoms with Gasteiger partial charge in [0.05, 0.1) is 0 Å². The average Bonchev–Trinajstić information content (AvgIpc) is 2.39. The molecule has 1 heterocycles. The number of carbonyl (C=O) groups is 1. The predicted octanol–water partition coefficient (Wildman–Crippen LogP) is 2.25. The molecule has 18 heavy (non-hydrogen) atoms. The Labute approximate surface area is 105 Å². The van der Waals surface area contributed by atoms with E-state index in [4.69, 9.17) is 5.11 Å². The normalized spacial score (nSPS) is 10.1. The van der Waals surface area contributed by atoms with Crippen LogP contribution in [0.2, 0.25) is 0 Å². The molecule has 92 valence electrons. The SMILES string of the molecule is Cc1ccc(N(C)c2ccc(C(=O)O)nn2)cc1. The average molecular weight is 243 g/mol. The molecular weight excluding hydrogens is 230 g/mol. The first kappa shape index (κ1) is 12.0. The Morgan fingerprint density at radius 2 is 1.78 bits per heavy atom. The van der Waals surface area contributed by atoms with Gasteiger partial charge in [-0.05, 0) is 31.2 Å². The summed E-state index contributed by atoms with van der Waals surface area (Å²) in [7, 11) is 1.86. The van der Waals surface area contributed by atoms with Gasteiger partial charge < -0.3 is 10.0 Å². The summed E-state index contributed by atoms with van der Waals surface area (Å²) in [6, 6.07) is 11.0. The number of aryl methyl sites for hydroxylation is 1. The van der Waals surface area contributed by atoms with E-state index in [0.29, 0.717) is 5.82 Å². The van der Waals surface area contributed by atoms with E-state index in [0.717, 1.165) is 5.69 Å². The van der Waals surface area contributed by atoms with Crippen molar-refractivity contribution in [1.29, 1.82) is 0 Å². The summed E-state index contributed by atoms with van der Waals surface area (Å²) in [4.78, 5) is 12.5. The summed E-state index contributed by atoms with van der Waals surface area (Å²) in [5, 5.41) is 16.3.